The zero-order valence-corrected chi connectivity index (χ0v) is 23.2. The Morgan fingerprint density at radius 1 is 0.854 bits per heavy atom. The van der Waals surface area contributed by atoms with Gasteiger partial charge in [0.15, 0.2) is 5.76 Å². The van der Waals surface area contributed by atoms with Crippen LogP contribution in [0.5, 0.6) is 0 Å². The number of para-hydroxylation sites is 2. The van der Waals surface area contributed by atoms with E-state index >= 15 is 0 Å². The number of aryl methyl sites for hydroxylation is 3. The minimum absolute atomic E-state index is 0.0453. The summed E-state index contributed by atoms with van der Waals surface area (Å²) in [5, 5.41) is 9.25. The number of amidine groups is 1. The van der Waals surface area contributed by atoms with Crippen LogP contribution in [0.1, 0.15) is 28.7 Å². The highest BCUT2D eigenvalue weighted by Crippen LogP contribution is 2.35. The molecular formula is C34H31N3O4. The van der Waals surface area contributed by atoms with Crippen LogP contribution in [0.25, 0.3) is 6.08 Å². The van der Waals surface area contributed by atoms with Crippen molar-refractivity contribution in [3.63, 3.8) is 0 Å². The number of hydrogen-bond donors (Lipinski definition) is 1. The van der Waals surface area contributed by atoms with E-state index in [-0.39, 0.29) is 24.7 Å². The first-order valence-electron chi connectivity index (χ1n) is 13.4. The molecule has 1 fully saturated rings. The summed E-state index contributed by atoms with van der Waals surface area (Å²) in [6, 6.07) is 32.1. The number of aliphatic imine (C=N–C) groups is 1. The number of carbonyl (C=O) groups is 2. The van der Waals surface area contributed by atoms with E-state index in [0.717, 1.165) is 39.3 Å². The molecule has 5 rings (SSSR count). The maximum absolute atomic E-state index is 13.3. The van der Waals surface area contributed by atoms with Crippen LogP contribution in [0, 0.1) is 20.8 Å². The van der Waals surface area contributed by atoms with E-state index in [9.17, 15) is 14.7 Å². The van der Waals surface area contributed by atoms with Crippen molar-refractivity contribution in [3.05, 3.63) is 125 Å². The summed E-state index contributed by atoms with van der Waals surface area (Å²) in [5.41, 5.74) is 7.46. The molecule has 1 aliphatic heterocycles. The number of carboxylic acids is 1. The second-order valence-electron chi connectivity index (χ2n) is 9.95. The topological polar surface area (TPSA) is 82.4 Å². The van der Waals surface area contributed by atoms with E-state index in [1.807, 2.05) is 93.6 Å². The average Bonchev–Trinajstić information content (AvgIpc) is 3.25. The molecule has 0 spiro atoms. The molecule has 1 aliphatic rings. The van der Waals surface area contributed by atoms with Gasteiger partial charge in [-0.25, -0.2) is 0 Å². The molecular weight excluding hydrogens is 514 g/mol. The van der Waals surface area contributed by atoms with Gasteiger partial charge in [0.2, 0.25) is 0 Å². The van der Waals surface area contributed by atoms with Crippen LogP contribution >= 0.6 is 0 Å². The van der Waals surface area contributed by atoms with Gasteiger partial charge in [0, 0.05) is 23.6 Å². The highest BCUT2D eigenvalue weighted by atomic mass is 16.5. The molecule has 4 aromatic rings. The number of nitrogens with zero attached hydrogens (tertiary/aromatic N) is 3. The molecule has 0 aromatic heterocycles. The number of ether oxygens (including phenoxy) is 1. The van der Waals surface area contributed by atoms with Crippen molar-refractivity contribution in [1.82, 2.24) is 4.90 Å². The first-order valence-corrected chi connectivity index (χ1v) is 13.4. The van der Waals surface area contributed by atoms with E-state index in [0.29, 0.717) is 5.69 Å². The lowest BCUT2D eigenvalue weighted by molar-refractivity contribution is -0.137. The predicted octanol–water partition coefficient (Wildman–Crippen LogP) is 7.44. The van der Waals surface area contributed by atoms with Crippen molar-refractivity contribution < 1.29 is 19.4 Å². The maximum Gasteiger partial charge on any atom is 0.305 e. The number of rotatable bonds is 8. The summed E-state index contributed by atoms with van der Waals surface area (Å²) in [7, 11) is 0. The second kappa shape index (κ2) is 11.9. The zero-order chi connectivity index (χ0) is 28.9. The zero-order valence-electron chi connectivity index (χ0n) is 23.2. The highest BCUT2D eigenvalue weighted by molar-refractivity contribution is 6.12. The molecule has 0 aliphatic carbocycles. The van der Waals surface area contributed by atoms with Crippen LogP contribution in [0.15, 0.2) is 108 Å². The number of carboxylic acid groups (broad SMARTS) is 1. The third kappa shape index (κ3) is 6.20. The van der Waals surface area contributed by atoms with Gasteiger partial charge in [0.1, 0.15) is 0 Å². The third-order valence-electron chi connectivity index (χ3n) is 6.76. The number of amides is 1. The van der Waals surface area contributed by atoms with Crippen molar-refractivity contribution in [3.8, 4) is 0 Å². The van der Waals surface area contributed by atoms with Gasteiger partial charge in [0.05, 0.1) is 12.1 Å². The van der Waals surface area contributed by atoms with E-state index in [2.05, 4.69) is 34.2 Å². The molecule has 1 saturated heterocycles. The summed E-state index contributed by atoms with van der Waals surface area (Å²) in [6.07, 6.45) is 1.43. The van der Waals surface area contributed by atoms with Crippen molar-refractivity contribution in [2.75, 3.05) is 11.4 Å². The van der Waals surface area contributed by atoms with Gasteiger partial charge >= 0.3 is 12.0 Å². The normalized spacial score (nSPS) is 14.9. The van der Waals surface area contributed by atoms with E-state index < -0.39 is 11.9 Å². The molecule has 41 heavy (non-hydrogen) atoms. The number of anilines is 3. The fourth-order valence-electron chi connectivity index (χ4n) is 4.91. The van der Waals surface area contributed by atoms with Gasteiger partial charge in [-0.05, 0) is 79.9 Å². The third-order valence-corrected chi connectivity index (χ3v) is 6.76. The molecule has 0 unspecified atom stereocenters. The van der Waals surface area contributed by atoms with Gasteiger partial charge in [-0.3, -0.25) is 14.5 Å². The standard InChI is InChI=1S/C34H31N3O4/c1-23-20-24(2)32(25(3)21-23)35-34-36(19-18-31(38)39)33(40)30(41-34)22-26-14-16-29(17-15-26)37(27-10-6-4-7-11-27)28-12-8-5-9-13-28/h4-17,20-22H,18-19H2,1-3H3,(H,38,39)/b30-22+,35-34?. The van der Waals surface area contributed by atoms with Crippen LogP contribution in [-0.4, -0.2) is 34.4 Å². The largest absolute Gasteiger partial charge is 0.481 e. The summed E-state index contributed by atoms with van der Waals surface area (Å²) >= 11 is 0. The Morgan fingerprint density at radius 3 is 1.93 bits per heavy atom. The molecule has 1 amide bonds. The van der Waals surface area contributed by atoms with Crippen LogP contribution in [0.2, 0.25) is 0 Å². The van der Waals surface area contributed by atoms with Crippen LogP contribution in [0.4, 0.5) is 22.7 Å². The SMILES string of the molecule is Cc1cc(C)c(N=C2O/C(=C/c3ccc(N(c4ccccc4)c4ccccc4)cc3)C(=O)N2CCC(=O)O)c(C)c1. The number of hydrogen-bond acceptors (Lipinski definition) is 5. The van der Waals surface area contributed by atoms with Gasteiger partial charge < -0.3 is 14.7 Å². The fourth-order valence-corrected chi connectivity index (χ4v) is 4.91. The highest BCUT2D eigenvalue weighted by Gasteiger charge is 2.35. The van der Waals surface area contributed by atoms with Crippen molar-refractivity contribution in [1.29, 1.82) is 0 Å². The van der Waals surface area contributed by atoms with Crippen molar-refractivity contribution >= 4 is 46.7 Å². The number of aliphatic carboxylic acids is 1. The smallest absolute Gasteiger partial charge is 0.305 e. The van der Waals surface area contributed by atoms with Crippen molar-refractivity contribution in [2.24, 2.45) is 4.99 Å². The summed E-state index contributed by atoms with van der Waals surface area (Å²) in [6.45, 7) is 5.86. The van der Waals surface area contributed by atoms with Crippen molar-refractivity contribution in [2.45, 2.75) is 27.2 Å². The lowest BCUT2D eigenvalue weighted by atomic mass is 10.1. The first-order chi connectivity index (χ1) is 19.8. The van der Waals surface area contributed by atoms with Gasteiger partial charge in [0.25, 0.3) is 5.91 Å². The Morgan fingerprint density at radius 2 is 1.39 bits per heavy atom. The summed E-state index contributed by atoms with van der Waals surface area (Å²) < 4.78 is 5.97. The lowest BCUT2D eigenvalue weighted by Gasteiger charge is -2.25. The Bertz CT molecular complexity index is 1570. The Balaban J connectivity index is 1.47. The van der Waals surface area contributed by atoms with Gasteiger partial charge in [-0.1, -0.05) is 66.2 Å². The Kier molecular flexibility index (Phi) is 7.97. The van der Waals surface area contributed by atoms with E-state index in [1.54, 1.807) is 6.08 Å². The van der Waals surface area contributed by atoms with E-state index in [1.165, 1.54) is 4.90 Å². The molecule has 0 atom stereocenters. The van der Waals surface area contributed by atoms with Crippen LogP contribution in [-0.2, 0) is 14.3 Å². The number of carbonyl (C=O) groups excluding carboxylic acids is 1. The monoisotopic (exact) mass is 545 g/mol. The second-order valence-corrected chi connectivity index (χ2v) is 9.95. The molecule has 0 saturated carbocycles. The predicted molar refractivity (Wildman–Crippen MR) is 162 cm³/mol. The Hall–Kier alpha value is -5.17. The fraction of sp³-hybridized carbons (Fsp3) is 0.147. The van der Waals surface area contributed by atoms with E-state index in [4.69, 9.17) is 4.74 Å². The molecule has 7 nitrogen and oxygen atoms in total. The molecule has 0 radical (unpaired) electrons. The maximum atomic E-state index is 13.3. The van der Waals surface area contributed by atoms with Gasteiger partial charge in [-0.2, -0.15) is 4.99 Å². The lowest BCUT2D eigenvalue weighted by Crippen LogP contribution is -2.32. The minimum Gasteiger partial charge on any atom is -0.481 e. The van der Waals surface area contributed by atoms with Crippen LogP contribution < -0.4 is 4.90 Å². The molecule has 206 valence electrons. The number of benzene rings is 4. The minimum atomic E-state index is -1.01. The quantitative estimate of drug-likeness (QED) is 0.233. The molecule has 0 bridgehead atoms. The first kappa shape index (κ1) is 27.4. The summed E-state index contributed by atoms with van der Waals surface area (Å²) in [4.78, 5) is 32.7. The molecule has 1 N–H and O–H groups in total. The molecule has 4 aromatic carbocycles. The average molecular weight is 546 g/mol. The Labute approximate surface area is 239 Å². The summed E-state index contributed by atoms with van der Waals surface area (Å²) in [5.74, 6) is -1.34. The van der Waals surface area contributed by atoms with Crippen LogP contribution in [0.3, 0.4) is 0 Å². The molecule has 7 heteroatoms. The van der Waals surface area contributed by atoms with Gasteiger partial charge in [-0.15, -0.1) is 0 Å². The molecule has 1 heterocycles.